The van der Waals surface area contributed by atoms with Gasteiger partial charge in [-0.3, -0.25) is 14.5 Å². The van der Waals surface area contributed by atoms with E-state index in [9.17, 15) is 9.59 Å². The van der Waals surface area contributed by atoms with Crippen molar-refractivity contribution in [1.82, 2.24) is 15.5 Å². The van der Waals surface area contributed by atoms with Gasteiger partial charge in [0.05, 0.1) is 12.0 Å². The minimum Gasteiger partial charge on any atom is -0.481 e. The molecule has 0 aliphatic carbocycles. The van der Waals surface area contributed by atoms with Crippen molar-refractivity contribution in [2.75, 3.05) is 32.7 Å². The molecule has 1 aliphatic rings. The number of nitrogens with zero attached hydrogens (tertiary/aromatic N) is 1. The molecule has 1 saturated heterocycles. The van der Waals surface area contributed by atoms with Gasteiger partial charge >= 0.3 is 5.97 Å². The maximum atomic E-state index is 12.0. The molecule has 6 nitrogen and oxygen atoms in total. The second-order valence-corrected chi connectivity index (χ2v) is 4.70. The number of hydrogen-bond acceptors (Lipinski definition) is 4. The van der Waals surface area contributed by atoms with Crippen molar-refractivity contribution >= 4 is 11.9 Å². The Hall–Kier alpha value is -1.14. The van der Waals surface area contributed by atoms with Gasteiger partial charge < -0.3 is 15.7 Å². The van der Waals surface area contributed by atoms with E-state index >= 15 is 0 Å². The minimum absolute atomic E-state index is 0.0383. The van der Waals surface area contributed by atoms with Crippen molar-refractivity contribution in [2.45, 2.75) is 25.8 Å². The number of rotatable bonds is 5. The van der Waals surface area contributed by atoms with E-state index in [1.807, 2.05) is 13.8 Å². The highest BCUT2D eigenvalue weighted by atomic mass is 16.4. The topological polar surface area (TPSA) is 81.7 Å². The third-order valence-corrected chi connectivity index (χ3v) is 3.09. The van der Waals surface area contributed by atoms with Crippen molar-refractivity contribution < 1.29 is 14.7 Å². The highest BCUT2D eigenvalue weighted by Crippen LogP contribution is 2.15. The monoisotopic (exact) mass is 243 g/mol. The Balaban J connectivity index is 2.44. The molecule has 0 aromatic carbocycles. The lowest BCUT2D eigenvalue weighted by Gasteiger charge is -2.39. The van der Waals surface area contributed by atoms with E-state index in [4.69, 9.17) is 5.11 Å². The van der Waals surface area contributed by atoms with E-state index in [0.29, 0.717) is 0 Å². The summed E-state index contributed by atoms with van der Waals surface area (Å²) in [5.41, 5.74) is -0.583. The highest BCUT2D eigenvalue weighted by Gasteiger charge is 2.34. The number of carbonyl (C=O) groups is 2. The Morgan fingerprint density at radius 1 is 1.35 bits per heavy atom. The van der Waals surface area contributed by atoms with Crippen LogP contribution in [0.25, 0.3) is 0 Å². The van der Waals surface area contributed by atoms with E-state index in [-0.39, 0.29) is 18.9 Å². The summed E-state index contributed by atoms with van der Waals surface area (Å²) in [6.45, 7) is 7.35. The second kappa shape index (κ2) is 5.97. The molecule has 17 heavy (non-hydrogen) atoms. The van der Waals surface area contributed by atoms with Gasteiger partial charge in [-0.2, -0.15) is 0 Å². The van der Waals surface area contributed by atoms with Crippen molar-refractivity contribution in [1.29, 1.82) is 0 Å². The lowest BCUT2D eigenvalue weighted by atomic mass is 10.0. The van der Waals surface area contributed by atoms with Crippen molar-refractivity contribution in [3.63, 3.8) is 0 Å². The van der Waals surface area contributed by atoms with Crippen LogP contribution in [0, 0.1) is 0 Å². The van der Waals surface area contributed by atoms with Gasteiger partial charge in [0.25, 0.3) is 0 Å². The Morgan fingerprint density at radius 3 is 2.47 bits per heavy atom. The number of hydrogen-bond donors (Lipinski definition) is 3. The van der Waals surface area contributed by atoms with Gasteiger partial charge in [0.15, 0.2) is 0 Å². The Labute approximate surface area is 101 Å². The molecule has 0 radical (unpaired) electrons. The van der Waals surface area contributed by atoms with Gasteiger partial charge in [0.2, 0.25) is 5.91 Å². The predicted molar refractivity (Wildman–Crippen MR) is 63.8 cm³/mol. The fourth-order valence-electron chi connectivity index (χ4n) is 1.87. The van der Waals surface area contributed by atoms with Gasteiger partial charge in [-0.1, -0.05) is 0 Å². The SMILES string of the molecule is CC(C)(C(=O)NCCC(=O)O)N1CCNCC1. The van der Waals surface area contributed by atoms with Gasteiger partial charge in [-0.15, -0.1) is 0 Å². The lowest BCUT2D eigenvalue weighted by molar-refractivity contribution is -0.137. The molecule has 1 fully saturated rings. The molecule has 0 aromatic rings. The zero-order valence-corrected chi connectivity index (χ0v) is 10.5. The summed E-state index contributed by atoms with van der Waals surface area (Å²) < 4.78 is 0. The number of carbonyl (C=O) groups excluding carboxylic acids is 1. The first-order chi connectivity index (χ1) is 7.94. The Morgan fingerprint density at radius 2 is 1.94 bits per heavy atom. The quantitative estimate of drug-likeness (QED) is 0.592. The largest absolute Gasteiger partial charge is 0.481 e. The van der Waals surface area contributed by atoms with Crippen LogP contribution in [0.15, 0.2) is 0 Å². The molecule has 1 rings (SSSR count). The summed E-state index contributed by atoms with van der Waals surface area (Å²) in [4.78, 5) is 24.5. The summed E-state index contributed by atoms with van der Waals surface area (Å²) in [6, 6.07) is 0. The fraction of sp³-hybridized carbons (Fsp3) is 0.818. The van der Waals surface area contributed by atoms with E-state index in [1.165, 1.54) is 0 Å². The molecular formula is C11H21N3O3. The highest BCUT2D eigenvalue weighted by molar-refractivity contribution is 5.85. The summed E-state index contributed by atoms with van der Waals surface area (Å²) >= 11 is 0. The first-order valence-corrected chi connectivity index (χ1v) is 5.90. The maximum absolute atomic E-state index is 12.0. The summed E-state index contributed by atoms with van der Waals surface area (Å²) in [7, 11) is 0. The molecule has 6 heteroatoms. The Kier molecular flexibility index (Phi) is 4.89. The van der Waals surface area contributed by atoms with Gasteiger partial charge in [-0.05, 0) is 13.8 Å². The van der Waals surface area contributed by atoms with Crippen LogP contribution in [0.2, 0.25) is 0 Å². The first-order valence-electron chi connectivity index (χ1n) is 5.90. The number of carboxylic acids is 1. The molecule has 0 atom stereocenters. The van der Waals surface area contributed by atoms with E-state index in [1.54, 1.807) is 0 Å². The van der Waals surface area contributed by atoms with Gasteiger partial charge in [0.1, 0.15) is 0 Å². The number of aliphatic carboxylic acids is 1. The third kappa shape index (κ3) is 3.98. The molecule has 0 saturated carbocycles. The normalized spacial score (nSPS) is 17.8. The Bertz CT molecular complexity index is 286. The third-order valence-electron chi connectivity index (χ3n) is 3.09. The van der Waals surface area contributed by atoms with Crippen LogP contribution in [-0.2, 0) is 9.59 Å². The van der Waals surface area contributed by atoms with Crippen LogP contribution in [0.1, 0.15) is 20.3 Å². The van der Waals surface area contributed by atoms with Gasteiger partial charge in [0, 0.05) is 32.7 Å². The zero-order chi connectivity index (χ0) is 12.9. The van der Waals surface area contributed by atoms with Crippen molar-refractivity contribution in [3.05, 3.63) is 0 Å². The van der Waals surface area contributed by atoms with Crippen molar-refractivity contribution in [3.8, 4) is 0 Å². The summed E-state index contributed by atoms with van der Waals surface area (Å²) in [6.07, 6.45) is -0.0383. The van der Waals surface area contributed by atoms with E-state index < -0.39 is 11.5 Å². The summed E-state index contributed by atoms with van der Waals surface area (Å²) in [5, 5.41) is 14.4. The summed E-state index contributed by atoms with van der Waals surface area (Å²) in [5.74, 6) is -1.01. The maximum Gasteiger partial charge on any atom is 0.305 e. The molecule has 0 bridgehead atoms. The molecule has 0 unspecified atom stereocenters. The zero-order valence-electron chi connectivity index (χ0n) is 10.5. The average molecular weight is 243 g/mol. The standard InChI is InChI=1S/C11H21N3O3/c1-11(2,14-7-5-12-6-8-14)10(17)13-4-3-9(15)16/h12H,3-8H2,1-2H3,(H,13,17)(H,15,16). The number of carboxylic acid groups (broad SMARTS) is 1. The van der Waals surface area contributed by atoms with Crippen molar-refractivity contribution in [2.24, 2.45) is 0 Å². The van der Waals surface area contributed by atoms with Crippen LogP contribution in [0.4, 0.5) is 0 Å². The van der Waals surface area contributed by atoms with Crippen LogP contribution < -0.4 is 10.6 Å². The molecule has 3 N–H and O–H groups in total. The van der Waals surface area contributed by atoms with E-state index in [2.05, 4.69) is 15.5 Å². The lowest BCUT2D eigenvalue weighted by Crippen LogP contribution is -2.60. The molecule has 0 spiro atoms. The number of amides is 1. The molecule has 98 valence electrons. The fourth-order valence-corrected chi connectivity index (χ4v) is 1.87. The smallest absolute Gasteiger partial charge is 0.305 e. The van der Waals surface area contributed by atoms with Crippen LogP contribution in [0.5, 0.6) is 0 Å². The average Bonchev–Trinajstić information content (AvgIpc) is 2.29. The minimum atomic E-state index is -0.898. The second-order valence-electron chi connectivity index (χ2n) is 4.70. The van der Waals surface area contributed by atoms with E-state index in [0.717, 1.165) is 26.2 Å². The number of piperazine rings is 1. The molecule has 1 heterocycles. The first kappa shape index (κ1) is 13.9. The molecule has 1 amide bonds. The molecule has 0 aromatic heterocycles. The van der Waals surface area contributed by atoms with Crippen LogP contribution in [-0.4, -0.2) is 60.1 Å². The molecular weight excluding hydrogens is 222 g/mol. The van der Waals surface area contributed by atoms with Crippen LogP contribution >= 0.6 is 0 Å². The predicted octanol–water partition coefficient (Wildman–Crippen LogP) is -0.739. The molecule has 1 aliphatic heterocycles. The van der Waals surface area contributed by atoms with Crippen LogP contribution in [0.3, 0.4) is 0 Å². The van der Waals surface area contributed by atoms with Gasteiger partial charge in [-0.25, -0.2) is 0 Å². The number of nitrogens with one attached hydrogen (secondary N) is 2.